The zero-order chi connectivity index (χ0) is 19.8. The fourth-order valence-electron chi connectivity index (χ4n) is 3.04. The van der Waals surface area contributed by atoms with E-state index in [-0.39, 0.29) is 19.0 Å². The molecule has 2 aromatic rings. The largest absolute Gasteiger partial charge is 0.491 e. The van der Waals surface area contributed by atoms with Gasteiger partial charge in [0, 0.05) is 18.5 Å². The lowest BCUT2D eigenvalue weighted by Crippen LogP contribution is -2.38. The second kappa shape index (κ2) is 6.94. The minimum Gasteiger partial charge on any atom is -0.491 e. The number of ether oxygens (including phenoxy) is 2. The second-order valence-corrected chi connectivity index (χ2v) is 6.20. The highest BCUT2D eigenvalue weighted by molar-refractivity contribution is 5.89. The van der Waals surface area contributed by atoms with Crippen LogP contribution in [0.1, 0.15) is 0 Å². The van der Waals surface area contributed by atoms with Crippen LogP contribution in [0.15, 0.2) is 18.5 Å². The van der Waals surface area contributed by atoms with E-state index in [2.05, 4.69) is 15.3 Å². The van der Waals surface area contributed by atoms with Crippen LogP contribution in [0.25, 0.3) is 11.4 Å². The average molecular weight is 394 g/mol. The van der Waals surface area contributed by atoms with E-state index < -0.39 is 31.1 Å². The number of hydrogen-bond acceptors (Lipinski definition) is 7. The number of rotatable bonds is 5. The Bertz CT molecular complexity index is 934. The fraction of sp³-hybridized carbons (Fsp3) is 0.375. The lowest BCUT2D eigenvalue weighted by molar-refractivity contribution is -0.116. The van der Waals surface area contributed by atoms with Crippen molar-refractivity contribution < 1.29 is 27.8 Å². The number of amides is 2. The van der Waals surface area contributed by atoms with Crippen molar-refractivity contribution in [2.24, 2.45) is 5.73 Å². The number of halogens is 2. The number of nitrogens with one attached hydrogen (secondary N) is 1. The maximum absolute atomic E-state index is 13.2. The number of carbonyl (C=O) groups is 2. The number of hydrogen-bond donors (Lipinski definition) is 2. The first-order valence-electron chi connectivity index (χ1n) is 8.40. The molecule has 0 spiro atoms. The maximum atomic E-state index is 13.2. The molecule has 1 atom stereocenters. The summed E-state index contributed by atoms with van der Waals surface area (Å²) >= 11 is 0. The van der Waals surface area contributed by atoms with E-state index in [9.17, 15) is 18.4 Å². The van der Waals surface area contributed by atoms with Crippen LogP contribution in [0.3, 0.4) is 0 Å². The van der Waals surface area contributed by atoms with Crippen LogP contribution in [0.5, 0.6) is 5.75 Å². The van der Waals surface area contributed by atoms with Gasteiger partial charge in [-0.3, -0.25) is 4.79 Å². The van der Waals surface area contributed by atoms with Crippen molar-refractivity contribution in [2.45, 2.75) is 19.0 Å². The number of aromatic nitrogens is 3. The minimum absolute atomic E-state index is 0.0755. The van der Waals surface area contributed by atoms with Crippen LogP contribution in [0.2, 0.25) is 0 Å². The molecule has 1 fully saturated rings. The molecule has 0 aliphatic carbocycles. The second-order valence-electron chi connectivity index (χ2n) is 6.20. The summed E-state index contributed by atoms with van der Waals surface area (Å²) in [6, 6.07) is 0.204. The predicted octanol–water partition coefficient (Wildman–Crippen LogP) is 0.825. The van der Waals surface area contributed by atoms with Crippen molar-refractivity contribution in [2.75, 3.05) is 30.0 Å². The number of imidazole rings is 1. The predicted molar refractivity (Wildman–Crippen MR) is 92.3 cm³/mol. The van der Waals surface area contributed by atoms with Gasteiger partial charge in [-0.05, 0) is 0 Å². The van der Waals surface area contributed by atoms with Crippen molar-refractivity contribution in [3.05, 3.63) is 18.5 Å². The monoisotopic (exact) mass is 394 g/mol. The lowest BCUT2D eigenvalue weighted by Gasteiger charge is -2.17. The summed E-state index contributed by atoms with van der Waals surface area (Å²) < 4.78 is 38.6. The smallest absolute Gasteiger partial charge is 0.416 e. The molecule has 2 amide bonds. The average Bonchev–Trinajstić information content (AvgIpc) is 3.19. The summed E-state index contributed by atoms with van der Waals surface area (Å²) in [5.41, 5.74) is 5.63. The van der Waals surface area contributed by atoms with Crippen LogP contribution < -0.4 is 20.7 Å². The van der Waals surface area contributed by atoms with E-state index in [1.807, 2.05) is 0 Å². The molecule has 0 radical (unpaired) electrons. The third-order valence-electron chi connectivity index (χ3n) is 4.35. The molecule has 0 bridgehead atoms. The molecule has 12 heteroatoms. The molecule has 2 aliphatic heterocycles. The van der Waals surface area contributed by atoms with Gasteiger partial charge in [0.1, 0.15) is 36.6 Å². The van der Waals surface area contributed by atoms with E-state index in [1.165, 1.54) is 12.4 Å². The number of anilines is 2. The van der Waals surface area contributed by atoms with Crippen LogP contribution >= 0.6 is 0 Å². The zero-order valence-electron chi connectivity index (χ0n) is 14.5. The number of primary amides is 1. The Morgan fingerprint density at radius 3 is 3.00 bits per heavy atom. The Labute approximate surface area is 157 Å². The number of nitrogens with two attached hydrogens (primary N) is 1. The number of fused-ring (bicyclic) bond motifs is 3. The Balaban J connectivity index is 1.68. The number of pyridine rings is 1. The first-order valence-corrected chi connectivity index (χ1v) is 8.40. The molecular formula is C16H16F2N6O4. The molecular weight excluding hydrogens is 378 g/mol. The molecule has 1 saturated heterocycles. The van der Waals surface area contributed by atoms with Gasteiger partial charge in [-0.15, -0.1) is 0 Å². The number of cyclic esters (lactones) is 1. The van der Waals surface area contributed by atoms with Crippen LogP contribution in [-0.4, -0.2) is 58.8 Å². The van der Waals surface area contributed by atoms with Crippen molar-refractivity contribution in [3.63, 3.8) is 0 Å². The molecule has 0 aromatic carbocycles. The Morgan fingerprint density at radius 1 is 1.43 bits per heavy atom. The fourth-order valence-corrected chi connectivity index (χ4v) is 3.04. The van der Waals surface area contributed by atoms with Gasteiger partial charge < -0.3 is 25.1 Å². The highest BCUT2D eigenvalue weighted by atomic mass is 19.3. The van der Waals surface area contributed by atoms with Gasteiger partial charge in [-0.2, -0.15) is 0 Å². The standard InChI is InChI=1S/C16H16F2N6O4/c17-14(18)9-7-28-16(26)24(9)13-6-23-1-2-27-10-3-12(21-5-11(19)25)20-4-8(10)15(23)22-13/h3-4,6,9,14H,1-2,5,7H2,(H2,19,25)(H,20,21). The van der Waals surface area contributed by atoms with E-state index in [0.29, 0.717) is 29.5 Å². The SMILES string of the molecule is NC(=O)CNc1cc2c(cn1)-c1nc(N3C(=O)OCC3C(F)F)cn1CCO2. The summed E-state index contributed by atoms with van der Waals surface area (Å²) in [5, 5.41) is 2.77. The van der Waals surface area contributed by atoms with E-state index >= 15 is 0 Å². The molecule has 0 saturated carbocycles. The van der Waals surface area contributed by atoms with Crippen molar-refractivity contribution >= 4 is 23.6 Å². The van der Waals surface area contributed by atoms with E-state index in [4.69, 9.17) is 15.2 Å². The maximum Gasteiger partial charge on any atom is 0.416 e. The van der Waals surface area contributed by atoms with Gasteiger partial charge in [-0.1, -0.05) is 0 Å². The first-order chi connectivity index (χ1) is 13.4. The first kappa shape index (κ1) is 17.9. The van der Waals surface area contributed by atoms with E-state index in [0.717, 1.165) is 4.90 Å². The van der Waals surface area contributed by atoms with Crippen LogP contribution in [0.4, 0.5) is 25.2 Å². The van der Waals surface area contributed by atoms with Gasteiger partial charge in [0.15, 0.2) is 5.82 Å². The number of carbonyl (C=O) groups excluding carboxylic acids is 2. The van der Waals surface area contributed by atoms with Gasteiger partial charge in [0.2, 0.25) is 5.91 Å². The molecule has 10 nitrogen and oxygen atoms in total. The topological polar surface area (TPSA) is 125 Å². The lowest BCUT2D eigenvalue weighted by atomic mass is 10.2. The molecule has 1 unspecified atom stereocenters. The van der Waals surface area contributed by atoms with Gasteiger partial charge in [-0.25, -0.2) is 28.4 Å². The Morgan fingerprint density at radius 2 is 2.25 bits per heavy atom. The molecule has 4 heterocycles. The normalized spacial score (nSPS) is 18.2. The van der Waals surface area contributed by atoms with Gasteiger partial charge in [0.05, 0.1) is 18.7 Å². The summed E-state index contributed by atoms with van der Waals surface area (Å²) in [5.74, 6) is 0.797. The summed E-state index contributed by atoms with van der Waals surface area (Å²) in [6.07, 6.45) is -0.627. The van der Waals surface area contributed by atoms with Gasteiger partial charge in [0.25, 0.3) is 6.43 Å². The highest BCUT2D eigenvalue weighted by Crippen LogP contribution is 2.35. The van der Waals surface area contributed by atoms with E-state index in [1.54, 1.807) is 10.6 Å². The van der Waals surface area contributed by atoms with Crippen LogP contribution in [-0.2, 0) is 16.1 Å². The quantitative estimate of drug-likeness (QED) is 0.769. The van der Waals surface area contributed by atoms with Gasteiger partial charge >= 0.3 is 6.09 Å². The third kappa shape index (κ3) is 3.17. The third-order valence-corrected chi connectivity index (χ3v) is 4.35. The molecule has 2 aromatic heterocycles. The van der Waals surface area contributed by atoms with Crippen molar-refractivity contribution in [3.8, 4) is 17.1 Å². The summed E-state index contributed by atoms with van der Waals surface area (Å²) in [7, 11) is 0. The summed E-state index contributed by atoms with van der Waals surface area (Å²) in [6.45, 7) is 0.201. The zero-order valence-corrected chi connectivity index (χ0v) is 14.5. The Kier molecular flexibility index (Phi) is 4.45. The number of alkyl halides is 2. The minimum atomic E-state index is -2.76. The van der Waals surface area contributed by atoms with Crippen molar-refractivity contribution in [1.29, 1.82) is 0 Å². The van der Waals surface area contributed by atoms with Crippen molar-refractivity contribution in [1.82, 2.24) is 14.5 Å². The molecule has 4 rings (SSSR count). The molecule has 2 aliphatic rings. The number of nitrogens with zero attached hydrogens (tertiary/aromatic N) is 4. The molecule has 28 heavy (non-hydrogen) atoms. The Hall–Kier alpha value is -3.44. The van der Waals surface area contributed by atoms with Crippen LogP contribution in [0, 0.1) is 0 Å². The molecule has 148 valence electrons. The molecule has 3 N–H and O–H groups in total. The summed E-state index contributed by atoms with van der Waals surface area (Å²) in [4.78, 5) is 32.2. The highest BCUT2D eigenvalue weighted by Gasteiger charge is 2.42.